The lowest BCUT2D eigenvalue weighted by Gasteiger charge is -2.15. The second-order valence-electron chi connectivity index (χ2n) is 4.21. The quantitative estimate of drug-likeness (QED) is 0.844. The van der Waals surface area contributed by atoms with Gasteiger partial charge in [0.15, 0.2) is 0 Å². The highest BCUT2D eigenvalue weighted by Gasteiger charge is 2.25. The molecule has 0 radical (unpaired) electrons. The summed E-state index contributed by atoms with van der Waals surface area (Å²) in [4.78, 5) is 11.0. The summed E-state index contributed by atoms with van der Waals surface area (Å²) in [5.74, 6) is -1.19. The van der Waals surface area contributed by atoms with Crippen LogP contribution in [-0.4, -0.2) is 25.5 Å². The monoisotopic (exact) mass is 305 g/mol. The molecule has 0 saturated heterocycles. The highest BCUT2D eigenvalue weighted by atomic mass is 35.5. The predicted octanol–water partition coefficient (Wildman–Crippen LogP) is 2.18. The fraction of sp³-hybridized carbons (Fsp3) is 0.417. The SMILES string of the molecule is CCCC(NS(=O)(=O)c1cc(Cl)ccc1C)C(=O)O. The molecule has 0 aromatic heterocycles. The van der Waals surface area contributed by atoms with Crippen LogP contribution in [0.1, 0.15) is 25.3 Å². The minimum atomic E-state index is -3.90. The lowest BCUT2D eigenvalue weighted by Crippen LogP contribution is -2.40. The molecule has 1 atom stereocenters. The van der Waals surface area contributed by atoms with Crippen LogP contribution in [0.4, 0.5) is 0 Å². The molecular weight excluding hydrogens is 290 g/mol. The molecule has 0 saturated carbocycles. The van der Waals surface area contributed by atoms with Gasteiger partial charge in [-0.2, -0.15) is 4.72 Å². The summed E-state index contributed by atoms with van der Waals surface area (Å²) in [5.41, 5.74) is 0.512. The highest BCUT2D eigenvalue weighted by molar-refractivity contribution is 7.89. The van der Waals surface area contributed by atoms with Gasteiger partial charge in [0.1, 0.15) is 6.04 Å². The first-order valence-electron chi connectivity index (χ1n) is 5.79. The number of rotatable bonds is 6. The molecule has 1 unspecified atom stereocenters. The Morgan fingerprint density at radius 3 is 2.63 bits per heavy atom. The average Bonchev–Trinajstić information content (AvgIpc) is 2.31. The number of carboxylic acids is 1. The number of aliphatic carboxylic acids is 1. The minimum absolute atomic E-state index is 0.00218. The molecule has 0 spiro atoms. The summed E-state index contributed by atoms with van der Waals surface area (Å²) in [7, 11) is -3.90. The fourth-order valence-corrected chi connectivity index (χ4v) is 3.37. The molecule has 0 heterocycles. The number of carbonyl (C=O) groups is 1. The van der Waals surface area contributed by atoms with Gasteiger partial charge >= 0.3 is 5.97 Å². The molecule has 0 aliphatic carbocycles. The predicted molar refractivity (Wildman–Crippen MR) is 72.8 cm³/mol. The van der Waals surface area contributed by atoms with Gasteiger partial charge in [-0.15, -0.1) is 0 Å². The number of halogens is 1. The number of benzene rings is 1. The van der Waals surface area contributed by atoms with E-state index in [1.54, 1.807) is 26.0 Å². The van der Waals surface area contributed by atoms with Gasteiger partial charge in [-0.1, -0.05) is 31.0 Å². The van der Waals surface area contributed by atoms with E-state index in [1.807, 2.05) is 0 Å². The largest absolute Gasteiger partial charge is 0.480 e. The van der Waals surface area contributed by atoms with Crippen molar-refractivity contribution in [1.29, 1.82) is 0 Å². The van der Waals surface area contributed by atoms with Crippen LogP contribution < -0.4 is 4.72 Å². The van der Waals surface area contributed by atoms with E-state index < -0.39 is 22.0 Å². The van der Waals surface area contributed by atoms with Crippen LogP contribution in [0, 0.1) is 6.92 Å². The molecule has 1 rings (SSSR count). The van der Waals surface area contributed by atoms with Crippen LogP contribution in [-0.2, 0) is 14.8 Å². The summed E-state index contributed by atoms with van der Waals surface area (Å²) in [5, 5.41) is 9.27. The van der Waals surface area contributed by atoms with Gasteiger partial charge in [0, 0.05) is 5.02 Å². The summed E-state index contributed by atoms with van der Waals surface area (Å²) in [6.07, 6.45) is 0.794. The maximum absolute atomic E-state index is 12.2. The van der Waals surface area contributed by atoms with Gasteiger partial charge in [0.25, 0.3) is 0 Å². The first kappa shape index (κ1) is 15.9. The molecule has 1 aromatic rings. The first-order valence-corrected chi connectivity index (χ1v) is 7.65. The van der Waals surface area contributed by atoms with Crippen LogP contribution in [0.25, 0.3) is 0 Å². The molecule has 5 nitrogen and oxygen atoms in total. The number of hydrogen-bond acceptors (Lipinski definition) is 3. The Hall–Kier alpha value is -1.11. The van der Waals surface area contributed by atoms with Crippen LogP contribution in [0.5, 0.6) is 0 Å². The van der Waals surface area contributed by atoms with E-state index >= 15 is 0 Å². The van der Waals surface area contributed by atoms with E-state index in [1.165, 1.54) is 6.07 Å². The smallest absolute Gasteiger partial charge is 0.321 e. The number of aryl methyl sites for hydroxylation is 1. The second kappa shape index (κ2) is 6.36. The van der Waals surface area contributed by atoms with Crippen LogP contribution in [0.2, 0.25) is 5.02 Å². The first-order chi connectivity index (χ1) is 8.77. The maximum atomic E-state index is 12.2. The van der Waals surface area contributed by atoms with Crippen molar-refractivity contribution in [2.45, 2.75) is 37.6 Å². The molecule has 0 amide bonds. The Labute approximate surface area is 117 Å². The number of hydrogen-bond donors (Lipinski definition) is 2. The standard InChI is InChI=1S/C12H16ClNO4S/c1-3-4-10(12(15)16)14-19(17,18)11-7-9(13)6-5-8(11)2/h5-7,10,14H,3-4H2,1-2H3,(H,15,16). The van der Waals surface area contributed by atoms with Crippen molar-refractivity contribution in [1.82, 2.24) is 4.72 Å². The lowest BCUT2D eigenvalue weighted by molar-refractivity contribution is -0.139. The molecular formula is C12H16ClNO4S. The van der Waals surface area contributed by atoms with Crippen LogP contribution >= 0.6 is 11.6 Å². The van der Waals surface area contributed by atoms with Gasteiger partial charge in [0.05, 0.1) is 4.90 Å². The Morgan fingerprint density at radius 1 is 1.47 bits per heavy atom. The van der Waals surface area contributed by atoms with Crippen molar-refractivity contribution < 1.29 is 18.3 Å². The number of nitrogens with one attached hydrogen (secondary N) is 1. The van der Waals surface area contributed by atoms with E-state index in [4.69, 9.17) is 16.7 Å². The molecule has 19 heavy (non-hydrogen) atoms. The fourth-order valence-electron chi connectivity index (χ4n) is 1.64. The normalized spacial score (nSPS) is 13.2. The zero-order valence-electron chi connectivity index (χ0n) is 10.7. The summed E-state index contributed by atoms with van der Waals surface area (Å²) in [6, 6.07) is 3.33. The molecule has 7 heteroatoms. The average molecular weight is 306 g/mol. The van der Waals surface area contributed by atoms with E-state index in [2.05, 4.69) is 4.72 Å². The third kappa shape index (κ3) is 4.19. The Morgan fingerprint density at radius 2 is 2.11 bits per heavy atom. The minimum Gasteiger partial charge on any atom is -0.480 e. The Balaban J connectivity index is 3.10. The van der Waals surface area contributed by atoms with Crippen molar-refractivity contribution in [3.8, 4) is 0 Å². The maximum Gasteiger partial charge on any atom is 0.321 e. The van der Waals surface area contributed by atoms with Gasteiger partial charge in [-0.05, 0) is 31.0 Å². The Bertz CT molecular complexity index is 571. The summed E-state index contributed by atoms with van der Waals surface area (Å²) < 4.78 is 26.5. The zero-order chi connectivity index (χ0) is 14.6. The molecule has 0 fully saturated rings. The van der Waals surface area contributed by atoms with Gasteiger partial charge in [-0.3, -0.25) is 4.79 Å². The molecule has 106 valence electrons. The molecule has 0 aliphatic heterocycles. The van der Waals surface area contributed by atoms with Crippen molar-refractivity contribution in [3.05, 3.63) is 28.8 Å². The molecule has 2 N–H and O–H groups in total. The van der Waals surface area contributed by atoms with Gasteiger partial charge in [0.2, 0.25) is 10.0 Å². The highest BCUT2D eigenvalue weighted by Crippen LogP contribution is 2.20. The van der Waals surface area contributed by atoms with E-state index in [-0.39, 0.29) is 16.3 Å². The second-order valence-corrected chi connectivity index (χ2v) is 6.33. The van der Waals surface area contributed by atoms with Gasteiger partial charge < -0.3 is 5.11 Å². The third-order valence-corrected chi connectivity index (χ3v) is 4.46. The topological polar surface area (TPSA) is 83.5 Å². The van der Waals surface area contributed by atoms with Crippen LogP contribution in [0.3, 0.4) is 0 Å². The lowest BCUT2D eigenvalue weighted by atomic mass is 10.2. The number of carboxylic acid groups (broad SMARTS) is 1. The van der Waals surface area contributed by atoms with Crippen molar-refractivity contribution in [2.75, 3.05) is 0 Å². The van der Waals surface area contributed by atoms with Gasteiger partial charge in [-0.25, -0.2) is 8.42 Å². The van der Waals surface area contributed by atoms with Crippen molar-refractivity contribution in [2.24, 2.45) is 0 Å². The van der Waals surface area contributed by atoms with E-state index in [0.29, 0.717) is 12.0 Å². The summed E-state index contributed by atoms with van der Waals surface area (Å²) in [6.45, 7) is 3.41. The van der Waals surface area contributed by atoms with Crippen molar-refractivity contribution >= 4 is 27.6 Å². The molecule has 0 bridgehead atoms. The third-order valence-electron chi connectivity index (χ3n) is 2.61. The summed E-state index contributed by atoms with van der Waals surface area (Å²) >= 11 is 5.77. The van der Waals surface area contributed by atoms with Crippen molar-refractivity contribution in [3.63, 3.8) is 0 Å². The van der Waals surface area contributed by atoms with E-state index in [0.717, 1.165) is 0 Å². The van der Waals surface area contributed by atoms with Crippen LogP contribution in [0.15, 0.2) is 23.1 Å². The zero-order valence-corrected chi connectivity index (χ0v) is 12.3. The molecule has 1 aromatic carbocycles. The van der Waals surface area contributed by atoms with E-state index in [9.17, 15) is 13.2 Å². The Kier molecular flexibility index (Phi) is 5.34. The molecule has 0 aliphatic rings. The number of sulfonamides is 1.